The summed E-state index contributed by atoms with van der Waals surface area (Å²) >= 11 is 1.51. The fraction of sp³-hybridized carbons (Fsp3) is 0.750. The summed E-state index contributed by atoms with van der Waals surface area (Å²) in [5.74, 6) is 1.19. The number of fused-ring (bicyclic) bond motifs is 1. The van der Waals surface area contributed by atoms with Gasteiger partial charge in [-0.1, -0.05) is 11.3 Å². The molecular weight excluding hydrogens is 278 g/mol. The Bertz CT molecular complexity index is 563. The van der Waals surface area contributed by atoms with E-state index in [1.807, 2.05) is 4.52 Å². The molecule has 0 saturated carbocycles. The first-order valence-corrected chi connectivity index (χ1v) is 7.65. The molecule has 0 amide bonds. The van der Waals surface area contributed by atoms with E-state index in [1.54, 1.807) is 7.11 Å². The van der Waals surface area contributed by atoms with Crippen molar-refractivity contribution in [2.24, 2.45) is 5.73 Å². The molecule has 2 atom stereocenters. The summed E-state index contributed by atoms with van der Waals surface area (Å²) in [7, 11) is 1.70. The van der Waals surface area contributed by atoms with Gasteiger partial charge in [0.1, 0.15) is 5.01 Å². The molecule has 8 heteroatoms. The third-order valence-electron chi connectivity index (χ3n) is 3.51. The van der Waals surface area contributed by atoms with Crippen molar-refractivity contribution in [2.75, 3.05) is 26.9 Å². The molecule has 3 heterocycles. The van der Waals surface area contributed by atoms with Gasteiger partial charge in [0.25, 0.3) is 0 Å². The number of nitrogens with zero attached hydrogens (tertiary/aromatic N) is 4. The summed E-state index contributed by atoms with van der Waals surface area (Å²) in [6.45, 7) is 2.21. The van der Waals surface area contributed by atoms with Gasteiger partial charge in [0, 0.05) is 26.2 Å². The molecule has 2 aromatic rings. The third-order valence-corrected chi connectivity index (χ3v) is 4.54. The molecular formula is C12H19N5O2S. The van der Waals surface area contributed by atoms with Crippen molar-refractivity contribution in [1.29, 1.82) is 0 Å². The molecule has 0 aromatic carbocycles. The second-order valence-corrected chi connectivity index (χ2v) is 5.98. The smallest absolute Gasteiger partial charge is 0.234 e. The molecule has 1 aliphatic rings. The number of hydrogen-bond acceptors (Lipinski definition) is 7. The average Bonchev–Trinajstić information content (AvgIpc) is 3.14. The van der Waals surface area contributed by atoms with Gasteiger partial charge in [-0.15, -0.1) is 10.2 Å². The summed E-state index contributed by atoms with van der Waals surface area (Å²) < 4.78 is 12.3. The van der Waals surface area contributed by atoms with Gasteiger partial charge in [-0.2, -0.15) is 9.61 Å². The topological polar surface area (TPSA) is 87.6 Å². The molecule has 0 aliphatic carbocycles. The van der Waals surface area contributed by atoms with Crippen molar-refractivity contribution in [2.45, 2.75) is 31.2 Å². The van der Waals surface area contributed by atoms with Crippen LogP contribution < -0.4 is 5.73 Å². The van der Waals surface area contributed by atoms with Crippen LogP contribution in [0.2, 0.25) is 0 Å². The molecule has 1 saturated heterocycles. The predicted octanol–water partition coefficient (Wildman–Crippen LogP) is 1.12. The molecule has 2 unspecified atom stereocenters. The number of nitrogens with two attached hydrogens (primary N) is 1. The Morgan fingerprint density at radius 1 is 1.55 bits per heavy atom. The molecule has 1 fully saturated rings. The number of hydrogen-bond donors (Lipinski definition) is 1. The Balaban J connectivity index is 1.76. The van der Waals surface area contributed by atoms with Gasteiger partial charge < -0.3 is 15.2 Å². The van der Waals surface area contributed by atoms with Crippen LogP contribution in [0.25, 0.3) is 4.96 Å². The standard InChI is InChI=1S/C12H19N5O2S/c1-18-5-2-3-9(13)11-16-17-10(8-4-6-19-7-8)14-15-12(17)20-11/h8-9H,2-7,13H2,1H3. The average molecular weight is 297 g/mol. The summed E-state index contributed by atoms with van der Waals surface area (Å²) in [5, 5.41) is 13.9. The fourth-order valence-corrected chi connectivity index (χ4v) is 3.24. The zero-order chi connectivity index (χ0) is 13.9. The molecule has 7 nitrogen and oxygen atoms in total. The lowest BCUT2D eigenvalue weighted by Gasteiger charge is -2.07. The van der Waals surface area contributed by atoms with Gasteiger partial charge in [-0.3, -0.25) is 0 Å². The fourth-order valence-electron chi connectivity index (χ4n) is 2.36. The zero-order valence-electron chi connectivity index (χ0n) is 11.5. The van der Waals surface area contributed by atoms with E-state index in [4.69, 9.17) is 15.2 Å². The Hall–Kier alpha value is -1.09. The van der Waals surface area contributed by atoms with Crippen molar-refractivity contribution >= 4 is 16.3 Å². The number of methoxy groups -OCH3 is 1. The quantitative estimate of drug-likeness (QED) is 0.804. The van der Waals surface area contributed by atoms with Gasteiger partial charge in [-0.05, 0) is 19.3 Å². The van der Waals surface area contributed by atoms with E-state index in [0.29, 0.717) is 12.5 Å². The van der Waals surface area contributed by atoms with Gasteiger partial charge in [0.15, 0.2) is 5.82 Å². The minimum atomic E-state index is -0.0653. The van der Waals surface area contributed by atoms with E-state index >= 15 is 0 Å². The van der Waals surface area contributed by atoms with Crippen molar-refractivity contribution in [3.63, 3.8) is 0 Å². The van der Waals surface area contributed by atoms with E-state index in [1.165, 1.54) is 11.3 Å². The Morgan fingerprint density at radius 2 is 2.45 bits per heavy atom. The zero-order valence-corrected chi connectivity index (χ0v) is 12.3. The first kappa shape index (κ1) is 13.9. The van der Waals surface area contributed by atoms with E-state index in [2.05, 4.69) is 15.3 Å². The van der Waals surface area contributed by atoms with Crippen molar-refractivity contribution in [3.8, 4) is 0 Å². The van der Waals surface area contributed by atoms with Crippen molar-refractivity contribution < 1.29 is 9.47 Å². The lowest BCUT2D eigenvalue weighted by molar-refractivity contribution is 0.190. The lowest BCUT2D eigenvalue weighted by atomic mass is 10.1. The summed E-state index contributed by atoms with van der Waals surface area (Å²) in [6.07, 6.45) is 2.77. The Morgan fingerprint density at radius 3 is 3.20 bits per heavy atom. The molecule has 20 heavy (non-hydrogen) atoms. The van der Waals surface area contributed by atoms with E-state index < -0.39 is 0 Å². The number of aromatic nitrogens is 4. The van der Waals surface area contributed by atoms with Crippen LogP contribution in [-0.2, 0) is 9.47 Å². The Labute approximate surface area is 121 Å². The molecule has 0 bridgehead atoms. The normalized spacial score (nSPS) is 20.8. The maximum Gasteiger partial charge on any atom is 0.234 e. The Kier molecular flexibility index (Phi) is 4.25. The minimum absolute atomic E-state index is 0.0653. The van der Waals surface area contributed by atoms with Crippen LogP contribution in [0.1, 0.15) is 42.1 Å². The van der Waals surface area contributed by atoms with Gasteiger partial charge in [0.2, 0.25) is 4.96 Å². The van der Waals surface area contributed by atoms with Gasteiger partial charge >= 0.3 is 0 Å². The van der Waals surface area contributed by atoms with Crippen LogP contribution in [0, 0.1) is 0 Å². The number of ether oxygens (including phenoxy) is 2. The molecule has 1 aliphatic heterocycles. The van der Waals surface area contributed by atoms with Crippen LogP contribution in [0.15, 0.2) is 0 Å². The van der Waals surface area contributed by atoms with Gasteiger partial charge in [-0.25, -0.2) is 0 Å². The SMILES string of the molecule is COCCCC(N)c1nn2c(C3CCOC3)nnc2s1. The van der Waals surface area contributed by atoms with Crippen molar-refractivity contribution in [3.05, 3.63) is 10.8 Å². The lowest BCUT2D eigenvalue weighted by Crippen LogP contribution is -2.12. The van der Waals surface area contributed by atoms with Crippen LogP contribution in [0.4, 0.5) is 0 Å². The highest BCUT2D eigenvalue weighted by atomic mass is 32.1. The maximum atomic E-state index is 6.17. The monoisotopic (exact) mass is 297 g/mol. The highest BCUT2D eigenvalue weighted by molar-refractivity contribution is 7.16. The molecule has 3 rings (SSSR count). The first-order valence-electron chi connectivity index (χ1n) is 6.84. The highest BCUT2D eigenvalue weighted by Gasteiger charge is 2.25. The van der Waals surface area contributed by atoms with Crippen molar-refractivity contribution in [1.82, 2.24) is 19.8 Å². The second kappa shape index (κ2) is 6.13. The minimum Gasteiger partial charge on any atom is -0.385 e. The molecule has 0 radical (unpaired) electrons. The second-order valence-electron chi connectivity index (χ2n) is 4.99. The summed E-state index contributed by atoms with van der Waals surface area (Å²) in [5.41, 5.74) is 6.17. The maximum absolute atomic E-state index is 6.17. The largest absolute Gasteiger partial charge is 0.385 e. The summed E-state index contributed by atoms with van der Waals surface area (Å²) in [6, 6.07) is -0.0653. The van der Waals surface area contributed by atoms with Crippen LogP contribution in [0.3, 0.4) is 0 Å². The summed E-state index contributed by atoms with van der Waals surface area (Å²) in [4.78, 5) is 0.809. The molecule has 2 aromatic heterocycles. The first-order chi connectivity index (χ1) is 9.79. The predicted molar refractivity (Wildman–Crippen MR) is 74.9 cm³/mol. The highest BCUT2D eigenvalue weighted by Crippen LogP contribution is 2.27. The molecule has 110 valence electrons. The van der Waals surface area contributed by atoms with Crippen LogP contribution >= 0.6 is 11.3 Å². The third kappa shape index (κ3) is 2.69. The molecule has 2 N–H and O–H groups in total. The number of rotatable bonds is 6. The van der Waals surface area contributed by atoms with Crippen LogP contribution in [-0.4, -0.2) is 46.7 Å². The van der Waals surface area contributed by atoms with Crippen LogP contribution in [0.5, 0.6) is 0 Å². The molecule has 0 spiro atoms. The van der Waals surface area contributed by atoms with E-state index in [9.17, 15) is 0 Å². The van der Waals surface area contributed by atoms with Gasteiger partial charge in [0.05, 0.1) is 12.6 Å². The van der Waals surface area contributed by atoms with E-state index in [0.717, 1.165) is 48.3 Å². The van der Waals surface area contributed by atoms with E-state index in [-0.39, 0.29) is 6.04 Å².